The summed E-state index contributed by atoms with van der Waals surface area (Å²) in [6, 6.07) is 13.0. The Balaban J connectivity index is 1.55. The molecule has 2 aromatic carbocycles. The molecule has 0 saturated heterocycles. The fourth-order valence-electron chi connectivity index (χ4n) is 3.62. The van der Waals surface area contributed by atoms with Crippen molar-refractivity contribution < 1.29 is 18.7 Å². The number of amides is 1. The van der Waals surface area contributed by atoms with Crippen LogP contribution in [0.25, 0.3) is 22.3 Å². The van der Waals surface area contributed by atoms with Crippen molar-refractivity contribution in [2.75, 3.05) is 12.3 Å². The lowest BCUT2D eigenvalue weighted by atomic mass is 10.00. The maximum Gasteiger partial charge on any atom is 0.254 e. The summed E-state index contributed by atoms with van der Waals surface area (Å²) < 4.78 is 29.7. The predicted octanol–water partition coefficient (Wildman–Crippen LogP) is 3.34. The number of pyridine rings is 1. The molecule has 35 heavy (non-hydrogen) atoms. The van der Waals surface area contributed by atoms with Crippen molar-refractivity contribution in [2.24, 2.45) is 7.05 Å². The van der Waals surface area contributed by atoms with Crippen LogP contribution in [0.4, 0.5) is 14.6 Å². The molecule has 10 heteroatoms. The first-order valence-electron chi connectivity index (χ1n) is 10.5. The number of nitriles is 1. The first-order valence-corrected chi connectivity index (χ1v) is 10.5. The lowest BCUT2D eigenvalue weighted by molar-refractivity contribution is 0.0912. The van der Waals surface area contributed by atoms with Gasteiger partial charge in [-0.1, -0.05) is 18.2 Å². The third-order valence-electron chi connectivity index (χ3n) is 5.38. The molecule has 2 heterocycles. The van der Waals surface area contributed by atoms with Crippen molar-refractivity contribution >= 4 is 11.7 Å². The van der Waals surface area contributed by atoms with Crippen LogP contribution in [-0.4, -0.2) is 32.3 Å². The minimum Gasteiger partial charge on any atom is -0.387 e. The summed E-state index contributed by atoms with van der Waals surface area (Å²) in [4.78, 5) is 16.6. The first kappa shape index (κ1) is 23.5. The highest BCUT2D eigenvalue weighted by Gasteiger charge is 2.18. The van der Waals surface area contributed by atoms with Crippen molar-refractivity contribution in [3.05, 3.63) is 89.4 Å². The number of hydrogen-bond acceptors (Lipinski definition) is 6. The van der Waals surface area contributed by atoms with Gasteiger partial charge in [-0.3, -0.25) is 9.48 Å². The van der Waals surface area contributed by atoms with E-state index in [-0.39, 0.29) is 29.2 Å². The number of carbonyl (C=O) groups is 1. The number of aromatic nitrogens is 3. The summed E-state index contributed by atoms with van der Waals surface area (Å²) in [5.41, 5.74) is 8.21. The summed E-state index contributed by atoms with van der Waals surface area (Å²) in [6.07, 6.45) is 2.01. The largest absolute Gasteiger partial charge is 0.387 e. The number of benzene rings is 2. The maximum atomic E-state index is 14.9. The second kappa shape index (κ2) is 9.70. The molecule has 8 nitrogen and oxygen atoms in total. The SMILES string of the molecule is Cn1cc(-c2cnc(N)c(-c3ccc(C(=O)NCC(O)c4cccc(F)c4)c(F)c3)c2)c(C#N)n1. The van der Waals surface area contributed by atoms with Gasteiger partial charge in [-0.25, -0.2) is 13.8 Å². The molecule has 176 valence electrons. The summed E-state index contributed by atoms with van der Waals surface area (Å²) in [7, 11) is 1.69. The molecule has 0 saturated carbocycles. The molecule has 2 aromatic heterocycles. The number of aliphatic hydroxyl groups excluding tert-OH is 1. The van der Waals surface area contributed by atoms with Crippen molar-refractivity contribution in [1.29, 1.82) is 5.26 Å². The lowest BCUT2D eigenvalue weighted by Crippen LogP contribution is -2.29. The van der Waals surface area contributed by atoms with Gasteiger partial charge in [0.15, 0.2) is 5.69 Å². The average Bonchev–Trinajstić information content (AvgIpc) is 3.23. The highest BCUT2D eigenvalue weighted by atomic mass is 19.1. The number of aliphatic hydroxyl groups is 1. The molecule has 1 atom stereocenters. The van der Waals surface area contributed by atoms with E-state index in [2.05, 4.69) is 15.4 Å². The van der Waals surface area contributed by atoms with Crippen LogP contribution in [0.1, 0.15) is 27.7 Å². The van der Waals surface area contributed by atoms with Crippen LogP contribution >= 0.6 is 0 Å². The number of aryl methyl sites for hydroxylation is 1. The van der Waals surface area contributed by atoms with Crippen molar-refractivity contribution in [2.45, 2.75) is 6.10 Å². The molecule has 0 aliphatic rings. The number of halogens is 2. The van der Waals surface area contributed by atoms with Crippen LogP contribution in [0.2, 0.25) is 0 Å². The normalized spacial score (nSPS) is 11.6. The molecule has 4 N–H and O–H groups in total. The van der Waals surface area contributed by atoms with Crippen molar-refractivity contribution in [1.82, 2.24) is 20.1 Å². The highest BCUT2D eigenvalue weighted by molar-refractivity contribution is 5.95. The number of carbonyl (C=O) groups excluding carboxylic acids is 1. The zero-order chi connectivity index (χ0) is 25.1. The zero-order valence-corrected chi connectivity index (χ0v) is 18.5. The Morgan fingerprint density at radius 1 is 1.20 bits per heavy atom. The van der Waals surface area contributed by atoms with Gasteiger partial charge in [0.1, 0.15) is 23.5 Å². The van der Waals surface area contributed by atoms with E-state index >= 15 is 0 Å². The zero-order valence-electron chi connectivity index (χ0n) is 18.5. The number of nitrogens with one attached hydrogen (secondary N) is 1. The molecular formula is C25H20F2N6O2. The number of nitrogens with zero attached hydrogens (tertiary/aromatic N) is 4. The molecule has 0 aliphatic carbocycles. The third kappa shape index (κ3) is 5.00. The van der Waals surface area contributed by atoms with Gasteiger partial charge in [-0.05, 0) is 41.5 Å². The minimum absolute atomic E-state index is 0.144. The van der Waals surface area contributed by atoms with Crippen LogP contribution in [-0.2, 0) is 7.05 Å². The summed E-state index contributed by atoms with van der Waals surface area (Å²) >= 11 is 0. The van der Waals surface area contributed by atoms with E-state index in [1.807, 2.05) is 6.07 Å². The van der Waals surface area contributed by atoms with Crippen molar-refractivity contribution in [3.8, 4) is 28.3 Å². The molecule has 0 aliphatic heterocycles. The number of nitrogen functional groups attached to an aromatic ring is 1. The van der Waals surface area contributed by atoms with Crippen LogP contribution < -0.4 is 11.1 Å². The Hall–Kier alpha value is -4.62. The van der Waals surface area contributed by atoms with Gasteiger partial charge >= 0.3 is 0 Å². The summed E-state index contributed by atoms with van der Waals surface area (Å²) in [6.45, 7) is -0.227. The van der Waals surface area contributed by atoms with Gasteiger partial charge in [0, 0.05) is 42.7 Å². The van der Waals surface area contributed by atoms with Crippen molar-refractivity contribution in [3.63, 3.8) is 0 Å². The number of hydrogen-bond donors (Lipinski definition) is 3. The fraction of sp³-hybridized carbons (Fsp3) is 0.120. The Labute approximate surface area is 199 Å². The van der Waals surface area contributed by atoms with Gasteiger partial charge in [0.25, 0.3) is 5.91 Å². The topological polar surface area (TPSA) is 130 Å². The molecule has 4 rings (SSSR count). The molecule has 4 aromatic rings. The molecule has 0 fully saturated rings. The molecule has 1 unspecified atom stereocenters. The second-order valence-electron chi connectivity index (χ2n) is 7.81. The number of rotatable bonds is 6. The maximum absolute atomic E-state index is 14.9. The predicted molar refractivity (Wildman–Crippen MR) is 125 cm³/mol. The van der Waals surface area contributed by atoms with Crippen LogP contribution in [0, 0.1) is 23.0 Å². The lowest BCUT2D eigenvalue weighted by Gasteiger charge is -2.13. The highest BCUT2D eigenvalue weighted by Crippen LogP contribution is 2.31. The van der Waals surface area contributed by atoms with E-state index < -0.39 is 23.6 Å². The molecule has 1 amide bonds. The third-order valence-corrected chi connectivity index (χ3v) is 5.38. The summed E-state index contributed by atoms with van der Waals surface area (Å²) in [5.74, 6) is -1.91. The number of nitrogens with two attached hydrogens (primary N) is 1. The molecule has 0 radical (unpaired) electrons. The van der Waals surface area contributed by atoms with Gasteiger partial charge in [0.05, 0.1) is 11.7 Å². The second-order valence-corrected chi connectivity index (χ2v) is 7.81. The Morgan fingerprint density at radius 2 is 2.00 bits per heavy atom. The van der Waals surface area contributed by atoms with E-state index in [1.54, 1.807) is 19.3 Å². The van der Waals surface area contributed by atoms with Gasteiger partial charge < -0.3 is 16.2 Å². The van der Waals surface area contributed by atoms with Gasteiger partial charge in [-0.2, -0.15) is 10.4 Å². The van der Waals surface area contributed by atoms with E-state index in [4.69, 9.17) is 5.73 Å². The minimum atomic E-state index is -1.16. The van der Waals surface area contributed by atoms with Crippen LogP contribution in [0.3, 0.4) is 0 Å². The number of anilines is 1. The molecule has 0 spiro atoms. The molecular weight excluding hydrogens is 454 g/mol. The Bertz CT molecular complexity index is 1460. The molecule has 0 bridgehead atoms. The standard InChI is InChI=1S/C25H20F2N6O2/c1-33-13-20(22(10-28)32-33)16-8-19(24(29)30-11-16)14-5-6-18(21(27)9-14)25(35)31-12-23(34)15-3-2-4-17(26)7-15/h2-9,11,13,23,34H,12H2,1H3,(H2,29,30)(H,31,35). The quantitative estimate of drug-likeness (QED) is 0.393. The van der Waals surface area contributed by atoms with Crippen LogP contribution in [0.5, 0.6) is 0 Å². The first-order chi connectivity index (χ1) is 16.8. The smallest absolute Gasteiger partial charge is 0.254 e. The Morgan fingerprint density at radius 3 is 2.71 bits per heavy atom. The van der Waals surface area contributed by atoms with E-state index in [0.717, 1.165) is 12.1 Å². The van der Waals surface area contributed by atoms with E-state index in [1.165, 1.54) is 41.2 Å². The average molecular weight is 474 g/mol. The van der Waals surface area contributed by atoms with E-state index in [0.29, 0.717) is 22.3 Å². The van der Waals surface area contributed by atoms with Crippen LogP contribution in [0.15, 0.2) is 60.9 Å². The monoisotopic (exact) mass is 474 g/mol. The fourth-order valence-corrected chi connectivity index (χ4v) is 3.62. The van der Waals surface area contributed by atoms with E-state index in [9.17, 15) is 23.9 Å². The summed E-state index contributed by atoms with van der Waals surface area (Å²) in [5, 5.41) is 26.0. The van der Waals surface area contributed by atoms with Gasteiger partial charge in [0.2, 0.25) is 0 Å². The Kier molecular flexibility index (Phi) is 6.53. The van der Waals surface area contributed by atoms with Gasteiger partial charge in [-0.15, -0.1) is 0 Å².